The Morgan fingerprint density at radius 2 is 2.08 bits per heavy atom. The molecule has 1 heterocycles. The van der Waals surface area contributed by atoms with Crippen LogP contribution in [0.25, 0.3) is 0 Å². The smallest absolute Gasteiger partial charge is 0.191 e. The Balaban J connectivity index is 0.00000312. The molecule has 2 rings (SSSR count). The van der Waals surface area contributed by atoms with Gasteiger partial charge in [0.1, 0.15) is 24.4 Å². The summed E-state index contributed by atoms with van der Waals surface area (Å²) in [4.78, 5) is 8.69. The van der Waals surface area contributed by atoms with Gasteiger partial charge in [-0.15, -0.1) is 24.0 Å². The Hall–Kier alpha value is -1.84. The molecule has 8 heteroatoms. The summed E-state index contributed by atoms with van der Waals surface area (Å²) >= 11 is 0. The van der Waals surface area contributed by atoms with Crippen molar-refractivity contribution in [1.29, 1.82) is 0 Å². The van der Waals surface area contributed by atoms with Gasteiger partial charge in [0.2, 0.25) is 0 Å². The monoisotopic (exact) mass is 458 g/mol. The number of aryl methyl sites for hydroxylation is 2. The van der Waals surface area contributed by atoms with Crippen molar-refractivity contribution in [2.24, 2.45) is 12.0 Å². The van der Waals surface area contributed by atoms with Gasteiger partial charge < -0.3 is 15.4 Å². The van der Waals surface area contributed by atoms with Crippen molar-refractivity contribution >= 4 is 29.9 Å². The van der Waals surface area contributed by atoms with Crippen LogP contribution in [0, 0.1) is 6.92 Å². The molecule has 2 aromatic rings. The molecule has 0 radical (unpaired) electrons. The highest BCUT2D eigenvalue weighted by Gasteiger charge is 2.02. The first-order valence-corrected chi connectivity index (χ1v) is 8.24. The lowest BCUT2D eigenvalue weighted by Gasteiger charge is -2.12. The second-order valence-electron chi connectivity index (χ2n) is 5.39. The molecule has 2 N–H and O–H groups in total. The molecule has 0 aliphatic rings. The standard InChI is InChI=1S/C17H26N6O.HI/c1-4-18-17(20-12-16-21-13-22-23(16)3)19-10-7-11-24-15-9-6-5-8-14(15)2;/h5-6,8-9,13H,4,7,10-12H2,1-3H3,(H2,18,19,20);1H. The molecule has 0 unspecified atom stereocenters. The van der Waals surface area contributed by atoms with Gasteiger partial charge in [0.05, 0.1) is 6.61 Å². The Kier molecular flexibility index (Phi) is 9.90. The fourth-order valence-corrected chi connectivity index (χ4v) is 2.13. The predicted octanol–water partition coefficient (Wildman–Crippen LogP) is 2.27. The summed E-state index contributed by atoms with van der Waals surface area (Å²) in [5, 5.41) is 10.6. The second kappa shape index (κ2) is 11.7. The fraction of sp³-hybridized carbons (Fsp3) is 0.471. The van der Waals surface area contributed by atoms with Crippen molar-refractivity contribution < 1.29 is 4.74 Å². The van der Waals surface area contributed by atoms with Crippen molar-refractivity contribution in [1.82, 2.24) is 25.4 Å². The molecule has 0 atom stereocenters. The van der Waals surface area contributed by atoms with E-state index < -0.39 is 0 Å². The highest BCUT2D eigenvalue weighted by Crippen LogP contribution is 2.15. The average molecular weight is 458 g/mol. The molecule has 0 saturated heterocycles. The van der Waals surface area contributed by atoms with Crippen LogP contribution < -0.4 is 15.4 Å². The summed E-state index contributed by atoms with van der Waals surface area (Å²) in [6.45, 7) is 6.85. The van der Waals surface area contributed by atoms with E-state index in [4.69, 9.17) is 4.74 Å². The van der Waals surface area contributed by atoms with Crippen molar-refractivity contribution in [2.45, 2.75) is 26.8 Å². The van der Waals surface area contributed by atoms with E-state index in [0.29, 0.717) is 13.2 Å². The summed E-state index contributed by atoms with van der Waals surface area (Å²) in [6.07, 6.45) is 2.43. The highest BCUT2D eigenvalue weighted by molar-refractivity contribution is 14.0. The van der Waals surface area contributed by atoms with Gasteiger partial charge >= 0.3 is 0 Å². The van der Waals surface area contributed by atoms with Gasteiger partial charge in [-0.25, -0.2) is 9.98 Å². The molecule has 1 aromatic heterocycles. The topological polar surface area (TPSA) is 76.4 Å². The van der Waals surface area contributed by atoms with E-state index in [9.17, 15) is 0 Å². The van der Waals surface area contributed by atoms with Crippen LogP contribution in [0.1, 0.15) is 24.7 Å². The van der Waals surface area contributed by atoms with Crippen molar-refractivity contribution in [3.05, 3.63) is 42.0 Å². The number of ether oxygens (including phenoxy) is 1. The first kappa shape index (κ1) is 21.2. The Morgan fingerprint density at radius 3 is 2.76 bits per heavy atom. The molecule has 0 bridgehead atoms. The summed E-state index contributed by atoms with van der Waals surface area (Å²) in [7, 11) is 1.86. The summed E-state index contributed by atoms with van der Waals surface area (Å²) in [6, 6.07) is 8.05. The first-order chi connectivity index (χ1) is 11.7. The van der Waals surface area contributed by atoms with Gasteiger partial charge in [-0.2, -0.15) is 5.10 Å². The molecule has 0 saturated carbocycles. The third-order valence-corrected chi connectivity index (χ3v) is 3.49. The lowest BCUT2D eigenvalue weighted by molar-refractivity contribution is 0.309. The molecular formula is C17H27IN6O. The quantitative estimate of drug-likeness (QED) is 0.275. The maximum atomic E-state index is 5.79. The van der Waals surface area contributed by atoms with Gasteiger partial charge in [-0.1, -0.05) is 18.2 Å². The maximum absolute atomic E-state index is 5.79. The van der Waals surface area contributed by atoms with E-state index in [1.807, 2.05) is 32.2 Å². The summed E-state index contributed by atoms with van der Waals surface area (Å²) < 4.78 is 7.52. The number of aliphatic imine (C=N–C) groups is 1. The first-order valence-electron chi connectivity index (χ1n) is 8.24. The summed E-state index contributed by atoms with van der Waals surface area (Å²) in [5.74, 6) is 2.55. The number of halogens is 1. The molecule has 138 valence electrons. The zero-order chi connectivity index (χ0) is 17.2. The Bertz CT molecular complexity index is 658. The fourth-order valence-electron chi connectivity index (χ4n) is 2.13. The molecule has 1 aromatic carbocycles. The molecule has 7 nitrogen and oxygen atoms in total. The van der Waals surface area contributed by atoms with Crippen molar-refractivity contribution in [3.63, 3.8) is 0 Å². The van der Waals surface area contributed by atoms with Gasteiger partial charge in [0.25, 0.3) is 0 Å². The molecule has 0 aliphatic heterocycles. The molecule has 0 amide bonds. The number of benzene rings is 1. The van der Waals surface area contributed by atoms with Crippen LogP contribution in [0.5, 0.6) is 5.75 Å². The highest BCUT2D eigenvalue weighted by atomic mass is 127. The van der Waals surface area contributed by atoms with Crippen molar-refractivity contribution in [3.8, 4) is 5.75 Å². The second-order valence-corrected chi connectivity index (χ2v) is 5.39. The van der Waals surface area contributed by atoms with E-state index >= 15 is 0 Å². The number of para-hydroxylation sites is 1. The molecule has 0 spiro atoms. The molecule has 25 heavy (non-hydrogen) atoms. The lowest BCUT2D eigenvalue weighted by atomic mass is 10.2. The third kappa shape index (κ3) is 7.29. The van der Waals surface area contributed by atoms with Crippen LogP contribution in [0.15, 0.2) is 35.6 Å². The SMILES string of the molecule is CCNC(=NCc1ncnn1C)NCCCOc1ccccc1C.I. The number of nitrogens with zero attached hydrogens (tertiary/aromatic N) is 4. The molecule has 0 fully saturated rings. The number of hydrogen-bond donors (Lipinski definition) is 2. The Labute approximate surface area is 166 Å². The number of guanidine groups is 1. The van der Waals surface area contributed by atoms with Crippen molar-refractivity contribution in [2.75, 3.05) is 19.7 Å². The van der Waals surface area contributed by atoms with Crippen LogP contribution in [0.3, 0.4) is 0 Å². The summed E-state index contributed by atoms with van der Waals surface area (Å²) in [5.41, 5.74) is 1.16. The van der Waals surface area contributed by atoms with Crippen LogP contribution in [0.4, 0.5) is 0 Å². The normalized spacial score (nSPS) is 10.9. The largest absolute Gasteiger partial charge is 0.493 e. The van der Waals surface area contributed by atoms with Crippen LogP contribution in [-0.4, -0.2) is 40.4 Å². The van der Waals surface area contributed by atoms with Gasteiger partial charge in [0, 0.05) is 20.1 Å². The molecule has 0 aliphatic carbocycles. The average Bonchev–Trinajstić information content (AvgIpc) is 2.99. The number of rotatable bonds is 8. The van der Waals surface area contributed by atoms with Crippen LogP contribution in [0.2, 0.25) is 0 Å². The van der Waals surface area contributed by atoms with Crippen LogP contribution in [-0.2, 0) is 13.6 Å². The maximum Gasteiger partial charge on any atom is 0.191 e. The number of nitrogens with one attached hydrogen (secondary N) is 2. The third-order valence-electron chi connectivity index (χ3n) is 3.49. The van der Waals surface area contributed by atoms with E-state index in [2.05, 4.69) is 38.7 Å². The van der Waals surface area contributed by atoms with E-state index in [1.54, 1.807) is 4.68 Å². The number of aromatic nitrogens is 3. The van der Waals surface area contributed by atoms with Gasteiger partial charge in [0.15, 0.2) is 5.96 Å². The number of hydrogen-bond acceptors (Lipinski definition) is 4. The zero-order valence-corrected chi connectivity index (χ0v) is 17.4. The van der Waals surface area contributed by atoms with E-state index in [1.165, 1.54) is 6.33 Å². The van der Waals surface area contributed by atoms with E-state index in [-0.39, 0.29) is 24.0 Å². The lowest BCUT2D eigenvalue weighted by Crippen LogP contribution is -2.38. The minimum absolute atomic E-state index is 0. The van der Waals surface area contributed by atoms with Gasteiger partial charge in [-0.3, -0.25) is 4.68 Å². The van der Waals surface area contributed by atoms with E-state index in [0.717, 1.165) is 42.6 Å². The minimum Gasteiger partial charge on any atom is -0.493 e. The van der Waals surface area contributed by atoms with Crippen LogP contribution >= 0.6 is 24.0 Å². The minimum atomic E-state index is 0. The predicted molar refractivity (Wildman–Crippen MR) is 111 cm³/mol. The van der Waals surface area contributed by atoms with Gasteiger partial charge in [-0.05, 0) is 31.9 Å². The Morgan fingerprint density at radius 1 is 1.28 bits per heavy atom. The molecular weight excluding hydrogens is 431 g/mol. The zero-order valence-electron chi connectivity index (χ0n) is 15.0.